The second-order valence-corrected chi connectivity index (χ2v) is 5.12. The molecule has 1 aromatic rings. The van der Waals surface area contributed by atoms with Gasteiger partial charge in [-0.15, -0.1) is 0 Å². The van der Waals surface area contributed by atoms with E-state index in [1.54, 1.807) is 0 Å². The predicted molar refractivity (Wildman–Crippen MR) is 52.5 cm³/mol. The number of benzene rings is 1. The van der Waals surface area contributed by atoms with Crippen molar-refractivity contribution >= 4 is 9.84 Å². The predicted octanol–water partition coefficient (Wildman–Crippen LogP) is 1.06. The Morgan fingerprint density at radius 3 is 2.21 bits per heavy atom. The third-order valence-corrected chi connectivity index (χ3v) is 3.03. The van der Waals surface area contributed by atoms with Crippen LogP contribution in [0.25, 0.3) is 0 Å². The maximum absolute atomic E-state index is 12.2. The van der Waals surface area contributed by atoms with Gasteiger partial charge in [0.05, 0.1) is 10.9 Å². The smallest absolute Gasteiger partial charge is 0.175 e. The van der Waals surface area contributed by atoms with E-state index >= 15 is 0 Å². The van der Waals surface area contributed by atoms with Gasteiger partial charge < -0.3 is 5.73 Å². The van der Waals surface area contributed by atoms with Crippen LogP contribution >= 0.6 is 0 Å². The first-order valence-electron chi connectivity index (χ1n) is 4.06. The van der Waals surface area contributed by atoms with Gasteiger partial charge in [0.15, 0.2) is 9.84 Å². The molecule has 5 heteroatoms. The number of hydrogen-bond donors (Lipinski definition) is 1. The van der Waals surface area contributed by atoms with E-state index < -0.39 is 22.6 Å². The van der Waals surface area contributed by atoms with Gasteiger partial charge >= 0.3 is 0 Å². The highest BCUT2D eigenvalue weighted by Gasteiger charge is 2.09. The molecule has 2 N–H and O–H groups in total. The van der Waals surface area contributed by atoms with Gasteiger partial charge in [-0.1, -0.05) is 12.1 Å². The van der Waals surface area contributed by atoms with E-state index in [0.29, 0.717) is 5.56 Å². The third-order valence-electron chi connectivity index (χ3n) is 1.90. The fraction of sp³-hybridized carbons (Fsp3) is 0.333. The van der Waals surface area contributed by atoms with E-state index in [2.05, 4.69) is 0 Å². The summed E-state index contributed by atoms with van der Waals surface area (Å²) in [7, 11) is -3.19. The van der Waals surface area contributed by atoms with E-state index in [-0.39, 0.29) is 4.90 Å². The zero-order valence-corrected chi connectivity index (χ0v) is 8.59. The quantitative estimate of drug-likeness (QED) is 0.823. The highest BCUT2D eigenvalue weighted by Crippen LogP contribution is 2.14. The van der Waals surface area contributed by atoms with Crippen LogP contribution in [0.1, 0.15) is 11.6 Å². The van der Waals surface area contributed by atoms with Crippen molar-refractivity contribution in [2.75, 3.05) is 12.9 Å². The summed E-state index contributed by atoms with van der Waals surface area (Å²) in [6.07, 6.45) is 1.12. The van der Waals surface area contributed by atoms with Gasteiger partial charge in [0.2, 0.25) is 0 Å². The van der Waals surface area contributed by atoms with Crippen LogP contribution in [-0.2, 0) is 9.84 Å². The van der Waals surface area contributed by atoms with Crippen LogP contribution in [0.15, 0.2) is 29.2 Å². The van der Waals surface area contributed by atoms with E-state index in [0.717, 1.165) is 6.26 Å². The lowest BCUT2D eigenvalue weighted by Gasteiger charge is -2.07. The largest absolute Gasteiger partial charge is 0.322 e. The lowest BCUT2D eigenvalue weighted by atomic mass is 10.1. The molecule has 0 aromatic heterocycles. The van der Waals surface area contributed by atoms with Crippen molar-refractivity contribution in [1.82, 2.24) is 0 Å². The van der Waals surface area contributed by atoms with E-state index in [9.17, 15) is 12.8 Å². The number of sulfone groups is 1. The molecule has 0 radical (unpaired) electrons. The molecule has 78 valence electrons. The van der Waals surface area contributed by atoms with Crippen LogP contribution in [-0.4, -0.2) is 21.3 Å². The van der Waals surface area contributed by atoms with Gasteiger partial charge in [-0.2, -0.15) is 0 Å². The number of hydrogen-bond acceptors (Lipinski definition) is 3. The van der Waals surface area contributed by atoms with Crippen molar-refractivity contribution in [2.45, 2.75) is 10.9 Å². The molecule has 0 heterocycles. The molecule has 0 fully saturated rings. The molecule has 1 atom stereocenters. The second kappa shape index (κ2) is 4.06. The first-order valence-corrected chi connectivity index (χ1v) is 5.96. The molecule has 0 aliphatic rings. The molecule has 3 nitrogen and oxygen atoms in total. The van der Waals surface area contributed by atoms with Gasteiger partial charge in [-0.25, -0.2) is 12.8 Å². The van der Waals surface area contributed by atoms with Crippen LogP contribution in [0.3, 0.4) is 0 Å². The lowest BCUT2D eigenvalue weighted by molar-refractivity contribution is 0.437. The van der Waals surface area contributed by atoms with Crippen molar-refractivity contribution in [3.8, 4) is 0 Å². The highest BCUT2D eigenvalue weighted by molar-refractivity contribution is 7.90. The molecule has 0 aliphatic carbocycles. The number of halogens is 1. The molecule has 1 aromatic carbocycles. The first kappa shape index (κ1) is 11.1. The van der Waals surface area contributed by atoms with Crippen molar-refractivity contribution in [1.29, 1.82) is 0 Å². The van der Waals surface area contributed by atoms with Crippen LogP contribution < -0.4 is 5.73 Å². The molecule has 0 saturated heterocycles. The molecule has 0 bridgehead atoms. The van der Waals surface area contributed by atoms with Crippen LogP contribution in [0, 0.1) is 0 Å². The number of rotatable bonds is 3. The summed E-state index contributed by atoms with van der Waals surface area (Å²) in [4.78, 5) is 0.215. The van der Waals surface area contributed by atoms with Crippen molar-refractivity contribution < 1.29 is 12.8 Å². The summed E-state index contributed by atoms with van der Waals surface area (Å²) in [5.41, 5.74) is 6.03. The SMILES string of the molecule is CS(=O)(=O)c1ccc([C@H](N)CF)cc1. The van der Waals surface area contributed by atoms with Gasteiger partial charge in [0.25, 0.3) is 0 Å². The van der Waals surface area contributed by atoms with Gasteiger partial charge in [-0.3, -0.25) is 0 Å². The molecule has 0 unspecified atom stereocenters. The zero-order chi connectivity index (χ0) is 10.8. The van der Waals surface area contributed by atoms with Crippen molar-refractivity contribution in [3.63, 3.8) is 0 Å². The minimum atomic E-state index is -3.19. The second-order valence-electron chi connectivity index (χ2n) is 3.10. The Hall–Kier alpha value is -0.940. The molecule has 0 spiro atoms. The maximum Gasteiger partial charge on any atom is 0.175 e. The molecular formula is C9H12FNO2S. The minimum absolute atomic E-state index is 0.215. The number of nitrogens with two attached hydrogens (primary N) is 1. The molecular weight excluding hydrogens is 205 g/mol. The van der Waals surface area contributed by atoms with Gasteiger partial charge in [0, 0.05) is 6.26 Å². The summed E-state index contributed by atoms with van der Waals surface area (Å²) in [5, 5.41) is 0. The summed E-state index contributed by atoms with van der Waals surface area (Å²) in [6.45, 7) is -0.655. The molecule has 0 amide bonds. The highest BCUT2D eigenvalue weighted by atomic mass is 32.2. The fourth-order valence-corrected chi connectivity index (χ4v) is 1.68. The van der Waals surface area contributed by atoms with Gasteiger partial charge in [-0.05, 0) is 17.7 Å². The average molecular weight is 217 g/mol. The molecule has 0 saturated carbocycles. The summed E-state index contributed by atoms with van der Waals surface area (Å²) in [5.74, 6) is 0. The maximum atomic E-state index is 12.2. The van der Waals surface area contributed by atoms with E-state index in [4.69, 9.17) is 5.73 Å². The van der Waals surface area contributed by atoms with Crippen molar-refractivity contribution in [2.24, 2.45) is 5.73 Å². The van der Waals surface area contributed by atoms with E-state index in [1.807, 2.05) is 0 Å². The molecule has 1 rings (SSSR count). The summed E-state index contributed by atoms with van der Waals surface area (Å²) in [6, 6.07) is 5.24. The van der Waals surface area contributed by atoms with Crippen LogP contribution in [0.4, 0.5) is 4.39 Å². The minimum Gasteiger partial charge on any atom is -0.322 e. The third kappa shape index (κ3) is 2.52. The Bertz CT molecular complexity index is 399. The fourth-order valence-electron chi connectivity index (χ4n) is 1.05. The Balaban J connectivity index is 3.01. The molecule has 0 aliphatic heterocycles. The summed E-state index contributed by atoms with van der Waals surface area (Å²) < 4.78 is 34.3. The Kier molecular flexibility index (Phi) is 3.23. The van der Waals surface area contributed by atoms with Crippen molar-refractivity contribution in [3.05, 3.63) is 29.8 Å². The van der Waals surface area contributed by atoms with E-state index in [1.165, 1.54) is 24.3 Å². The topological polar surface area (TPSA) is 60.2 Å². The Labute approximate surface area is 82.7 Å². The normalized spacial score (nSPS) is 13.9. The lowest BCUT2D eigenvalue weighted by Crippen LogP contribution is -2.12. The van der Waals surface area contributed by atoms with Gasteiger partial charge in [0.1, 0.15) is 6.67 Å². The van der Waals surface area contributed by atoms with Crippen LogP contribution in [0.2, 0.25) is 0 Å². The van der Waals surface area contributed by atoms with Crippen LogP contribution in [0.5, 0.6) is 0 Å². The first-order chi connectivity index (χ1) is 6.45. The monoisotopic (exact) mass is 217 g/mol. The zero-order valence-electron chi connectivity index (χ0n) is 7.77. The Morgan fingerprint density at radius 2 is 1.86 bits per heavy atom. The Morgan fingerprint density at radius 1 is 1.36 bits per heavy atom. The number of alkyl halides is 1. The molecule has 14 heavy (non-hydrogen) atoms. The summed E-state index contributed by atoms with van der Waals surface area (Å²) >= 11 is 0. The average Bonchev–Trinajstić information content (AvgIpc) is 2.15. The standard InChI is InChI=1S/C9H12FNO2S/c1-14(12,13)8-4-2-7(3-5-8)9(11)6-10/h2-5,9H,6,11H2,1H3/t9-/m1/s1.